The van der Waals surface area contributed by atoms with Crippen molar-refractivity contribution in [2.45, 2.75) is 19.8 Å². The van der Waals surface area contributed by atoms with Gasteiger partial charge in [-0.05, 0) is 35.7 Å². The summed E-state index contributed by atoms with van der Waals surface area (Å²) in [6, 6.07) is 14.5. The first-order valence-corrected chi connectivity index (χ1v) is 8.17. The van der Waals surface area contributed by atoms with E-state index in [1.807, 2.05) is 24.3 Å². The summed E-state index contributed by atoms with van der Waals surface area (Å²) in [5, 5.41) is 2.59. The topological polar surface area (TPSA) is 64.6 Å². The molecule has 0 saturated carbocycles. The van der Waals surface area contributed by atoms with Crippen LogP contribution in [0.4, 0.5) is 0 Å². The maximum Gasteiger partial charge on any atom is 0.255 e. The highest BCUT2D eigenvalue weighted by molar-refractivity contribution is 5.99. The number of carbonyl (C=O) groups is 2. The maximum atomic E-state index is 12.1. The van der Waals surface area contributed by atoms with E-state index in [9.17, 15) is 9.59 Å². The summed E-state index contributed by atoms with van der Waals surface area (Å²) in [5.74, 6) is 0.979. The van der Waals surface area contributed by atoms with Gasteiger partial charge in [0.2, 0.25) is 0 Å². The summed E-state index contributed by atoms with van der Waals surface area (Å²) in [4.78, 5) is 24.0. The van der Waals surface area contributed by atoms with Crippen LogP contribution in [0.1, 0.15) is 35.7 Å². The number of amides is 1. The largest absolute Gasteiger partial charge is 0.496 e. The van der Waals surface area contributed by atoms with Crippen molar-refractivity contribution in [2.75, 3.05) is 20.3 Å². The lowest BCUT2D eigenvalue weighted by molar-refractivity contribution is -0.120. The number of methoxy groups -OCH3 is 1. The number of nitrogens with one attached hydrogen (secondary N) is 1. The zero-order valence-electron chi connectivity index (χ0n) is 14.7. The van der Waals surface area contributed by atoms with E-state index in [1.165, 1.54) is 12.7 Å². The number of benzene rings is 2. The van der Waals surface area contributed by atoms with Gasteiger partial charge in [-0.15, -0.1) is 0 Å². The van der Waals surface area contributed by atoms with Gasteiger partial charge in [0.15, 0.2) is 5.78 Å². The molecular weight excluding hydrogens is 318 g/mol. The molecule has 0 saturated heterocycles. The van der Waals surface area contributed by atoms with E-state index in [0.29, 0.717) is 23.0 Å². The first kappa shape index (κ1) is 18.5. The fraction of sp³-hybridized carbons (Fsp3) is 0.300. The lowest BCUT2D eigenvalue weighted by Crippen LogP contribution is -2.32. The normalized spacial score (nSPS) is 10.4. The molecule has 0 aromatic heterocycles. The van der Waals surface area contributed by atoms with Crippen molar-refractivity contribution in [3.05, 3.63) is 59.7 Å². The smallest absolute Gasteiger partial charge is 0.255 e. The number of carbonyl (C=O) groups excluding carboxylic acids is 2. The second kappa shape index (κ2) is 8.87. The first-order chi connectivity index (χ1) is 12.0. The third kappa shape index (κ3) is 5.35. The van der Waals surface area contributed by atoms with E-state index in [1.54, 1.807) is 24.3 Å². The van der Waals surface area contributed by atoms with Gasteiger partial charge in [-0.1, -0.05) is 38.1 Å². The van der Waals surface area contributed by atoms with Crippen molar-refractivity contribution in [1.82, 2.24) is 5.32 Å². The standard InChI is InChI=1S/C20H23NO4/c1-14(2)15-8-10-17(11-9-15)25-13-16(22)12-21-20(23)18-6-4-5-7-19(18)24-3/h4-11,14H,12-13H2,1-3H3,(H,21,23). The summed E-state index contributed by atoms with van der Waals surface area (Å²) in [7, 11) is 1.50. The second-order valence-electron chi connectivity index (χ2n) is 5.93. The summed E-state index contributed by atoms with van der Waals surface area (Å²) in [6.45, 7) is 4.04. The Kier molecular flexibility index (Phi) is 6.57. The molecule has 0 spiro atoms. The minimum absolute atomic E-state index is 0.0900. The molecule has 5 nitrogen and oxygen atoms in total. The summed E-state index contributed by atoms with van der Waals surface area (Å²) < 4.78 is 10.6. The zero-order chi connectivity index (χ0) is 18.2. The van der Waals surface area contributed by atoms with Gasteiger partial charge in [-0.3, -0.25) is 9.59 Å². The van der Waals surface area contributed by atoms with Gasteiger partial charge in [0.05, 0.1) is 19.2 Å². The van der Waals surface area contributed by atoms with Crippen LogP contribution in [0.2, 0.25) is 0 Å². The molecule has 5 heteroatoms. The highest BCUT2D eigenvalue weighted by atomic mass is 16.5. The minimum Gasteiger partial charge on any atom is -0.496 e. The molecule has 0 heterocycles. The van der Waals surface area contributed by atoms with Crippen LogP contribution in [0.5, 0.6) is 11.5 Å². The number of hydrogen-bond donors (Lipinski definition) is 1. The quantitative estimate of drug-likeness (QED) is 0.801. The average Bonchev–Trinajstić information content (AvgIpc) is 2.64. The monoisotopic (exact) mass is 341 g/mol. The van der Waals surface area contributed by atoms with E-state index >= 15 is 0 Å². The van der Waals surface area contributed by atoms with Gasteiger partial charge in [0.25, 0.3) is 5.91 Å². The van der Waals surface area contributed by atoms with Crippen LogP contribution in [-0.4, -0.2) is 32.0 Å². The highest BCUT2D eigenvalue weighted by Gasteiger charge is 2.13. The molecule has 0 unspecified atom stereocenters. The molecule has 2 aromatic carbocycles. The highest BCUT2D eigenvalue weighted by Crippen LogP contribution is 2.18. The number of ether oxygens (including phenoxy) is 2. The van der Waals surface area contributed by atoms with Crippen LogP contribution >= 0.6 is 0 Å². The Morgan fingerprint density at radius 1 is 1.04 bits per heavy atom. The fourth-order valence-electron chi connectivity index (χ4n) is 2.27. The molecule has 0 aliphatic heterocycles. The fourth-order valence-corrected chi connectivity index (χ4v) is 2.27. The molecule has 0 atom stereocenters. The third-order valence-corrected chi connectivity index (χ3v) is 3.74. The zero-order valence-corrected chi connectivity index (χ0v) is 14.7. The summed E-state index contributed by atoms with van der Waals surface area (Å²) >= 11 is 0. The SMILES string of the molecule is COc1ccccc1C(=O)NCC(=O)COc1ccc(C(C)C)cc1. The Labute approximate surface area is 148 Å². The van der Waals surface area contributed by atoms with Gasteiger partial charge >= 0.3 is 0 Å². The van der Waals surface area contributed by atoms with Crippen LogP contribution in [0, 0.1) is 0 Å². The van der Waals surface area contributed by atoms with Gasteiger partial charge in [-0.25, -0.2) is 0 Å². The maximum absolute atomic E-state index is 12.1. The lowest BCUT2D eigenvalue weighted by atomic mass is 10.0. The first-order valence-electron chi connectivity index (χ1n) is 8.17. The Morgan fingerprint density at radius 2 is 1.72 bits per heavy atom. The molecule has 2 aromatic rings. The summed E-state index contributed by atoms with van der Waals surface area (Å²) in [6.07, 6.45) is 0. The molecule has 1 N–H and O–H groups in total. The molecular formula is C20H23NO4. The molecule has 0 aliphatic rings. The number of hydrogen-bond acceptors (Lipinski definition) is 4. The van der Waals surface area contributed by atoms with E-state index in [4.69, 9.17) is 9.47 Å². The molecule has 0 fully saturated rings. The predicted octanol–water partition coefficient (Wildman–Crippen LogP) is 3.20. The van der Waals surface area contributed by atoms with Gasteiger partial charge in [0, 0.05) is 0 Å². The van der Waals surface area contributed by atoms with Crippen LogP contribution < -0.4 is 14.8 Å². The molecule has 0 radical (unpaired) electrons. The third-order valence-electron chi connectivity index (χ3n) is 3.74. The van der Waals surface area contributed by atoms with Crippen molar-refractivity contribution in [3.8, 4) is 11.5 Å². The van der Waals surface area contributed by atoms with E-state index in [2.05, 4.69) is 19.2 Å². The summed E-state index contributed by atoms with van der Waals surface area (Å²) in [5.41, 5.74) is 1.60. The van der Waals surface area contributed by atoms with Crippen molar-refractivity contribution < 1.29 is 19.1 Å². The van der Waals surface area contributed by atoms with Crippen LogP contribution in [0.3, 0.4) is 0 Å². The van der Waals surface area contributed by atoms with Crippen molar-refractivity contribution >= 4 is 11.7 Å². The second-order valence-corrected chi connectivity index (χ2v) is 5.93. The van der Waals surface area contributed by atoms with E-state index in [0.717, 1.165) is 0 Å². The number of para-hydroxylation sites is 1. The molecule has 1 amide bonds. The Bertz CT molecular complexity index is 723. The Hall–Kier alpha value is -2.82. The van der Waals surface area contributed by atoms with Gasteiger partial charge < -0.3 is 14.8 Å². The van der Waals surface area contributed by atoms with Crippen molar-refractivity contribution in [3.63, 3.8) is 0 Å². The lowest BCUT2D eigenvalue weighted by Gasteiger charge is -2.10. The predicted molar refractivity (Wildman–Crippen MR) is 96.4 cm³/mol. The number of ketones is 1. The molecule has 0 bridgehead atoms. The molecule has 2 rings (SSSR count). The Morgan fingerprint density at radius 3 is 2.36 bits per heavy atom. The number of rotatable bonds is 8. The van der Waals surface area contributed by atoms with E-state index < -0.39 is 0 Å². The van der Waals surface area contributed by atoms with Crippen LogP contribution in [0.25, 0.3) is 0 Å². The molecule has 132 valence electrons. The van der Waals surface area contributed by atoms with Crippen LogP contribution in [-0.2, 0) is 4.79 Å². The van der Waals surface area contributed by atoms with Crippen LogP contribution in [0.15, 0.2) is 48.5 Å². The Balaban J connectivity index is 1.81. The molecule has 0 aliphatic carbocycles. The van der Waals surface area contributed by atoms with Gasteiger partial charge in [-0.2, -0.15) is 0 Å². The molecule has 25 heavy (non-hydrogen) atoms. The van der Waals surface area contributed by atoms with Crippen molar-refractivity contribution in [1.29, 1.82) is 0 Å². The van der Waals surface area contributed by atoms with E-state index in [-0.39, 0.29) is 24.8 Å². The van der Waals surface area contributed by atoms with Gasteiger partial charge in [0.1, 0.15) is 18.1 Å². The van der Waals surface area contributed by atoms with Crippen molar-refractivity contribution in [2.24, 2.45) is 0 Å². The minimum atomic E-state index is -0.355. The number of Topliss-reactive ketones (excluding diaryl/α,β-unsaturated/α-hetero) is 1. The average molecular weight is 341 g/mol.